The molecule has 0 aliphatic carbocycles. The number of rotatable bonds is 2. The van der Waals surface area contributed by atoms with Gasteiger partial charge in [-0.15, -0.1) is 0 Å². The first kappa shape index (κ1) is 9.93. The summed E-state index contributed by atoms with van der Waals surface area (Å²) in [5.74, 6) is -1.19. The molecule has 2 N–H and O–H groups in total. The maximum atomic E-state index is 10.8. The summed E-state index contributed by atoms with van der Waals surface area (Å²) >= 11 is 0. The lowest BCUT2D eigenvalue weighted by atomic mass is 10.1. The van der Waals surface area contributed by atoms with Gasteiger partial charge in [0.15, 0.2) is 5.69 Å². The average molecular weight is 213 g/mol. The Kier molecular flexibility index (Phi) is 2.40. The summed E-state index contributed by atoms with van der Waals surface area (Å²) in [6.45, 7) is 0. The van der Waals surface area contributed by atoms with E-state index in [2.05, 4.69) is 10.2 Å². The number of aromatic carboxylic acids is 1. The maximum absolute atomic E-state index is 10.8. The summed E-state index contributed by atoms with van der Waals surface area (Å²) in [7, 11) is 0. The molecule has 0 unspecified atom stereocenters. The number of nitrogens with zero attached hydrogens (tertiary/aromatic N) is 2. The predicted molar refractivity (Wildman–Crippen MR) is 55.7 cm³/mol. The Bertz CT molecular complexity index is 567. The lowest BCUT2D eigenvalue weighted by molar-refractivity contribution is 0.0690. The molecule has 16 heavy (non-hydrogen) atoms. The highest BCUT2D eigenvalue weighted by Gasteiger charge is 2.18. The number of carboxylic acids is 1. The molecule has 1 aromatic heterocycles. The first-order valence-corrected chi connectivity index (χ1v) is 4.51. The lowest BCUT2D eigenvalue weighted by Crippen LogP contribution is -1.99. The van der Waals surface area contributed by atoms with Crippen LogP contribution in [0.1, 0.15) is 16.1 Å². The third-order valence-corrected chi connectivity index (χ3v) is 2.14. The molecule has 1 heterocycles. The molecule has 0 fully saturated rings. The molecule has 0 aliphatic heterocycles. The molecule has 2 rings (SSSR count). The number of carboxylic acid groups (broad SMARTS) is 1. The second-order valence-corrected chi connectivity index (χ2v) is 3.11. The molecule has 0 saturated carbocycles. The summed E-state index contributed by atoms with van der Waals surface area (Å²) in [5.41, 5.74) is 0.948. The Morgan fingerprint density at radius 2 is 2.06 bits per heavy atom. The standard InChI is InChI=1S/C11H7N3O2/c12-6-8-9(7-4-2-1-3-5-7)13-14-10(8)11(15)16/h1-5H,(H,13,14)(H,15,16). The van der Waals surface area contributed by atoms with Crippen LogP contribution in [0.25, 0.3) is 11.3 Å². The van der Waals surface area contributed by atoms with E-state index in [-0.39, 0.29) is 11.3 Å². The van der Waals surface area contributed by atoms with Crippen molar-refractivity contribution in [1.29, 1.82) is 5.26 Å². The van der Waals surface area contributed by atoms with Crippen LogP contribution < -0.4 is 0 Å². The molecule has 2 aromatic rings. The SMILES string of the molecule is N#Cc1c(-c2ccccc2)n[nH]c1C(=O)O. The highest BCUT2D eigenvalue weighted by atomic mass is 16.4. The van der Waals surface area contributed by atoms with Crippen molar-refractivity contribution in [3.63, 3.8) is 0 Å². The van der Waals surface area contributed by atoms with E-state index in [0.29, 0.717) is 11.3 Å². The summed E-state index contributed by atoms with van der Waals surface area (Å²) in [6.07, 6.45) is 0. The number of carbonyl (C=O) groups is 1. The van der Waals surface area contributed by atoms with Gasteiger partial charge in [-0.05, 0) is 0 Å². The van der Waals surface area contributed by atoms with Crippen LogP contribution in [0.4, 0.5) is 0 Å². The van der Waals surface area contributed by atoms with Crippen LogP contribution in [-0.4, -0.2) is 21.3 Å². The lowest BCUT2D eigenvalue weighted by Gasteiger charge is -1.95. The van der Waals surface area contributed by atoms with E-state index in [0.717, 1.165) is 0 Å². The fourth-order valence-electron chi connectivity index (χ4n) is 1.41. The van der Waals surface area contributed by atoms with Crippen molar-refractivity contribution in [2.45, 2.75) is 0 Å². The number of nitriles is 1. The molecule has 0 aliphatic rings. The Balaban J connectivity index is 2.60. The van der Waals surface area contributed by atoms with Gasteiger partial charge in [0.25, 0.3) is 0 Å². The number of H-pyrrole nitrogens is 1. The fraction of sp³-hybridized carbons (Fsp3) is 0. The Labute approximate surface area is 91.0 Å². The first-order chi connectivity index (χ1) is 7.74. The topological polar surface area (TPSA) is 89.8 Å². The Morgan fingerprint density at radius 1 is 1.38 bits per heavy atom. The van der Waals surface area contributed by atoms with E-state index in [1.165, 1.54) is 0 Å². The van der Waals surface area contributed by atoms with Crippen LogP contribution in [0, 0.1) is 11.3 Å². The van der Waals surface area contributed by atoms with Crippen molar-refractivity contribution < 1.29 is 9.90 Å². The van der Waals surface area contributed by atoms with E-state index < -0.39 is 5.97 Å². The monoisotopic (exact) mass is 213 g/mol. The summed E-state index contributed by atoms with van der Waals surface area (Å²) in [6, 6.07) is 10.8. The first-order valence-electron chi connectivity index (χ1n) is 4.51. The predicted octanol–water partition coefficient (Wildman–Crippen LogP) is 1.65. The van der Waals surface area contributed by atoms with Gasteiger partial charge in [0, 0.05) is 5.56 Å². The summed E-state index contributed by atoms with van der Waals surface area (Å²) in [5, 5.41) is 24.0. The van der Waals surface area contributed by atoms with Gasteiger partial charge in [-0.3, -0.25) is 5.10 Å². The van der Waals surface area contributed by atoms with Gasteiger partial charge in [-0.2, -0.15) is 10.4 Å². The van der Waals surface area contributed by atoms with Gasteiger partial charge < -0.3 is 5.11 Å². The summed E-state index contributed by atoms with van der Waals surface area (Å²) in [4.78, 5) is 10.8. The van der Waals surface area contributed by atoms with Crippen molar-refractivity contribution in [2.75, 3.05) is 0 Å². The van der Waals surface area contributed by atoms with E-state index in [4.69, 9.17) is 10.4 Å². The van der Waals surface area contributed by atoms with Gasteiger partial charge in [0.1, 0.15) is 17.3 Å². The van der Waals surface area contributed by atoms with Crippen LogP contribution in [0.3, 0.4) is 0 Å². The van der Waals surface area contributed by atoms with E-state index in [1.54, 1.807) is 24.3 Å². The van der Waals surface area contributed by atoms with E-state index >= 15 is 0 Å². The normalized spacial score (nSPS) is 9.69. The molecule has 5 heteroatoms. The molecule has 0 radical (unpaired) electrons. The van der Waals surface area contributed by atoms with Crippen molar-refractivity contribution in [2.24, 2.45) is 0 Å². The zero-order valence-electron chi connectivity index (χ0n) is 8.14. The van der Waals surface area contributed by atoms with Crippen molar-refractivity contribution >= 4 is 5.97 Å². The van der Waals surface area contributed by atoms with Gasteiger partial charge in [-0.1, -0.05) is 30.3 Å². The van der Waals surface area contributed by atoms with E-state index in [1.807, 2.05) is 12.1 Å². The van der Waals surface area contributed by atoms with Crippen LogP contribution in [0.2, 0.25) is 0 Å². The minimum atomic E-state index is -1.19. The largest absolute Gasteiger partial charge is 0.476 e. The zero-order valence-corrected chi connectivity index (χ0v) is 8.14. The van der Waals surface area contributed by atoms with Gasteiger partial charge >= 0.3 is 5.97 Å². The highest BCUT2D eigenvalue weighted by molar-refractivity contribution is 5.91. The quantitative estimate of drug-likeness (QED) is 0.793. The molecular weight excluding hydrogens is 206 g/mol. The van der Waals surface area contributed by atoms with E-state index in [9.17, 15) is 4.79 Å². The third-order valence-electron chi connectivity index (χ3n) is 2.14. The van der Waals surface area contributed by atoms with Crippen LogP contribution >= 0.6 is 0 Å². The molecule has 0 spiro atoms. The molecular formula is C11H7N3O2. The fourth-order valence-corrected chi connectivity index (χ4v) is 1.41. The molecule has 0 saturated heterocycles. The minimum absolute atomic E-state index is 0.0544. The molecule has 5 nitrogen and oxygen atoms in total. The van der Waals surface area contributed by atoms with Gasteiger partial charge in [0.05, 0.1) is 0 Å². The smallest absolute Gasteiger partial charge is 0.355 e. The molecule has 0 atom stereocenters. The van der Waals surface area contributed by atoms with Crippen molar-refractivity contribution in [1.82, 2.24) is 10.2 Å². The van der Waals surface area contributed by atoms with Crippen LogP contribution in [0.5, 0.6) is 0 Å². The number of aromatic nitrogens is 2. The number of aromatic amines is 1. The Hall–Kier alpha value is -2.61. The third kappa shape index (κ3) is 1.53. The minimum Gasteiger partial charge on any atom is -0.476 e. The maximum Gasteiger partial charge on any atom is 0.355 e. The van der Waals surface area contributed by atoms with Crippen LogP contribution in [-0.2, 0) is 0 Å². The number of hydrogen-bond acceptors (Lipinski definition) is 3. The number of benzene rings is 1. The van der Waals surface area contributed by atoms with Crippen molar-refractivity contribution in [3.8, 4) is 17.3 Å². The number of nitrogens with one attached hydrogen (secondary N) is 1. The molecule has 78 valence electrons. The average Bonchev–Trinajstić information content (AvgIpc) is 2.73. The second kappa shape index (κ2) is 3.87. The van der Waals surface area contributed by atoms with Crippen LogP contribution in [0.15, 0.2) is 30.3 Å². The van der Waals surface area contributed by atoms with Gasteiger partial charge in [-0.25, -0.2) is 4.79 Å². The highest BCUT2D eigenvalue weighted by Crippen LogP contribution is 2.22. The molecule has 0 amide bonds. The van der Waals surface area contributed by atoms with Crippen molar-refractivity contribution in [3.05, 3.63) is 41.6 Å². The molecule has 0 bridgehead atoms. The number of hydrogen-bond donors (Lipinski definition) is 2. The summed E-state index contributed by atoms with van der Waals surface area (Å²) < 4.78 is 0. The second-order valence-electron chi connectivity index (χ2n) is 3.11. The zero-order chi connectivity index (χ0) is 11.5. The molecule has 1 aromatic carbocycles. The Morgan fingerprint density at radius 3 is 2.62 bits per heavy atom. The van der Waals surface area contributed by atoms with Gasteiger partial charge in [0.2, 0.25) is 0 Å².